The van der Waals surface area contributed by atoms with Crippen LogP contribution in [0.4, 0.5) is 0 Å². The Morgan fingerprint density at radius 1 is 1.62 bits per heavy atom. The lowest BCUT2D eigenvalue weighted by Crippen LogP contribution is -2.17. The summed E-state index contributed by atoms with van der Waals surface area (Å²) in [5.74, 6) is 1.51. The number of hydrogen-bond acceptors (Lipinski definition) is 4. The van der Waals surface area contributed by atoms with Crippen molar-refractivity contribution in [3.8, 4) is 17.6 Å². The van der Waals surface area contributed by atoms with Gasteiger partial charge >= 0.3 is 0 Å². The van der Waals surface area contributed by atoms with Crippen LogP contribution in [-0.2, 0) is 0 Å². The second-order valence-corrected chi connectivity index (χ2v) is 3.74. The maximum absolute atomic E-state index is 8.65. The molecule has 1 N–H and O–H groups in total. The van der Waals surface area contributed by atoms with Crippen LogP contribution in [0.15, 0.2) is 18.2 Å². The van der Waals surface area contributed by atoms with E-state index < -0.39 is 6.10 Å². The fourth-order valence-electron chi connectivity index (χ4n) is 1.73. The molecular formula is C12H14N2O2. The van der Waals surface area contributed by atoms with Gasteiger partial charge in [0.1, 0.15) is 24.2 Å². The van der Waals surface area contributed by atoms with Crippen LogP contribution in [0.1, 0.15) is 18.5 Å². The number of ether oxygens (including phenoxy) is 2. The van der Waals surface area contributed by atoms with E-state index in [0.29, 0.717) is 12.4 Å². The van der Waals surface area contributed by atoms with Crippen molar-refractivity contribution >= 4 is 0 Å². The Kier molecular flexibility index (Phi) is 2.97. The van der Waals surface area contributed by atoms with Gasteiger partial charge in [-0.2, -0.15) is 5.26 Å². The maximum atomic E-state index is 8.65. The van der Waals surface area contributed by atoms with Crippen LogP contribution >= 0.6 is 0 Å². The Labute approximate surface area is 94.8 Å². The summed E-state index contributed by atoms with van der Waals surface area (Å²) >= 11 is 0. The first-order valence-corrected chi connectivity index (χ1v) is 5.25. The minimum absolute atomic E-state index is 0.248. The number of hydrogen-bond donors (Lipinski definition) is 1. The van der Waals surface area contributed by atoms with Crippen molar-refractivity contribution in [2.45, 2.75) is 19.1 Å². The van der Waals surface area contributed by atoms with E-state index in [4.69, 9.17) is 14.7 Å². The predicted molar refractivity (Wildman–Crippen MR) is 59.4 cm³/mol. The minimum atomic E-state index is -0.445. The van der Waals surface area contributed by atoms with E-state index in [0.717, 1.165) is 11.3 Å². The molecule has 0 saturated heterocycles. The van der Waals surface area contributed by atoms with E-state index in [1.807, 2.05) is 31.3 Å². The number of benzene rings is 1. The van der Waals surface area contributed by atoms with Gasteiger partial charge in [-0.3, -0.25) is 0 Å². The molecule has 0 radical (unpaired) electrons. The van der Waals surface area contributed by atoms with Crippen LogP contribution in [0.3, 0.4) is 0 Å². The third kappa shape index (κ3) is 1.95. The van der Waals surface area contributed by atoms with Gasteiger partial charge in [0.05, 0.1) is 6.04 Å². The average Bonchev–Trinajstić information content (AvgIpc) is 2.71. The Hall–Kier alpha value is -1.73. The number of fused-ring (bicyclic) bond motifs is 1. The second kappa shape index (κ2) is 4.42. The standard InChI is InChI=1S/C12H14N2O2/c1-8(6-13)16-9-3-4-10-11(14-2)7-15-12(10)5-9/h3-5,8,11,14H,7H2,1-2H3. The van der Waals surface area contributed by atoms with Crippen LogP contribution < -0.4 is 14.8 Å². The molecule has 0 aliphatic carbocycles. The highest BCUT2D eigenvalue weighted by Crippen LogP contribution is 2.35. The molecule has 0 saturated carbocycles. The summed E-state index contributed by atoms with van der Waals surface area (Å²) in [4.78, 5) is 0. The first-order chi connectivity index (χ1) is 7.74. The second-order valence-electron chi connectivity index (χ2n) is 3.74. The van der Waals surface area contributed by atoms with E-state index in [1.165, 1.54) is 0 Å². The number of nitrogens with zero attached hydrogens (tertiary/aromatic N) is 1. The minimum Gasteiger partial charge on any atom is -0.491 e. The SMILES string of the molecule is CNC1COc2cc(OC(C)C#N)ccc21. The molecule has 1 aromatic carbocycles. The lowest BCUT2D eigenvalue weighted by atomic mass is 10.1. The summed E-state index contributed by atoms with van der Waals surface area (Å²) in [6.07, 6.45) is -0.445. The molecule has 0 aromatic heterocycles. The first kappa shape index (κ1) is 10.8. The molecule has 4 nitrogen and oxygen atoms in total. The van der Waals surface area contributed by atoms with Crippen molar-refractivity contribution in [2.24, 2.45) is 0 Å². The van der Waals surface area contributed by atoms with Crippen LogP contribution in [-0.4, -0.2) is 19.8 Å². The van der Waals surface area contributed by atoms with Gasteiger partial charge in [0, 0.05) is 11.6 Å². The normalized spacial score (nSPS) is 19.4. The highest BCUT2D eigenvalue weighted by molar-refractivity contribution is 5.45. The molecule has 1 aliphatic rings. The van der Waals surface area contributed by atoms with E-state index in [-0.39, 0.29) is 6.04 Å². The molecule has 2 unspecified atom stereocenters. The Morgan fingerprint density at radius 2 is 2.44 bits per heavy atom. The van der Waals surface area contributed by atoms with Crippen molar-refractivity contribution in [1.82, 2.24) is 5.32 Å². The summed E-state index contributed by atoms with van der Waals surface area (Å²) < 4.78 is 10.9. The van der Waals surface area contributed by atoms with E-state index in [2.05, 4.69) is 5.32 Å². The van der Waals surface area contributed by atoms with Gasteiger partial charge in [0.25, 0.3) is 0 Å². The van der Waals surface area contributed by atoms with Crippen LogP contribution in [0, 0.1) is 11.3 Å². The molecule has 1 heterocycles. The molecule has 0 spiro atoms. The molecule has 0 fully saturated rings. The zero-order valence-electron chi connectivity index (χ0n) is 9.36. The van der Waals surface area contributed by atoms with E-state index >= 15 is 0 Å². The lowest BCUT2D eigenvalue weighted by molar-refractivity contribution is 0.273. The average molecular weight is 218 g/mol. The Balaban J connectivity index is 2.19. The molecule has 0 bridgehead atoms. The van der Waals surface area contributed by atoms with E-state index in [1.54, 1.807) is 6.92 Å². The van der Waals surface area contributed by atoms with Crippen LogP contribution in [0.2, 0.25) is 0 Å². The maximum Gasteiger partial charge on any atom is 0.181 e. The van der Waals surface area contributed by atoms with Gasteiger partial charge in [-0.25, -0.2) is 0 Å². The zero-order chi connectivity index (χ0) is 11.5. The molecule has 2 rings (SSSR count). The molecule has 1 aromatic rings. The van der Waals surface area contributed by atoms with Crippen LogP contribution in [0.5, 0.6) is 11.5 Å². The summed E-state index contributed by atoms with van der Waals surface area (Å²) in [5.41, 5.74) is 1.14. The Bertz CT molecular complexity index is 426. The predicted octanol–water partition coefficient (Wildman–Crippen LogP) is 1.63. The van der Waals surface area contributed by atoms with Gasteiger partial charge in [-0.05, 0) is 26.1 Å². The molecular weight excluding hydrogens is 204 g/mol. The van der Waals surface area contributed by atoms with Crippen molar-refractivity contribution in [3.63, 3.8) is 0 Å². The summed E-state index contributed by atoms with van der Waals surface area (Å²) in [5, 5.41) is 11.8. The highest BCUT2D eigenvalue weighted by Gasteiger charge is 2.23. The van der Waals surface area contributed by atoms with Crippen molar-refractivity contribution in [3.05, 3.63) is 23.8 Å². The van der Waals surface area contributed by atoms with Crippen molar-refractivity contribution < 1.29 is 9.47 Å². The Morgan fingerprint density at radius 3 is 3.12 bits per heavy atom. The molecule has 4 heteroatoms. The monoisotopic (exact) mass is 218 g/mol. The van der Waals surface area contributed by atoms with Crippen molar-refractivity contribution in [2.75, 3.05) is 13.7 Å². The van der Waals surface area contributed by atoms with Crippen LogP contribution in [0.25, 0.3) is 0 Å². The number of nitriles is 1. The summed E-state index contributed by atoms with van der Waals surface area (Å²) in [7, 11) is 1.91. The number of nitrogens with one attached hydrogen (secondary N) is 1. The smallest absolute Gasteiger partial charge is 0.181 e. The van der Waals surface area contributed by atoms with Gasteiger partial charge in [0.15, 0.2) is 6.10 Å². The molecule has 84 valence electrons. The topological polar surface area (TPSA) is 54.3 Å². The van der Waals surface area contributed by atoms with Gasteiger partial charge in [0.2, 0.25) is 0 Å². The van der Waals surface area contributed by atoms with Crippen molar-refractivity contribution in [1.29, 1.82) is 5.26 Å². The molecule has 0 amide bonds. The molecule has 2 atom stereocenters. The third-order valence-electron chi connectivity index (χ3n) is 2.61. The third-order valence-corrected chi connectivity index (χ3v) is 2.61. The highest BCUT2D eigenvalue weighted by atomic mass is 16.5. The molecule has 1 aliphatic heterocycles. The first-order valence-electron chi connectivity index (χ1n) is 5.25. The van der Waals surface area contributed by atoms with Gasteiger partial charge in [-0.1, -0.05) is 0 Å². The quantitative estimate of drug-likeness (QED) is 0.837. The van der Waals surface area contributed by atoms with Gasteiger partial charge in [-0.15, -0.1) is 0 Å². The fourth-order valence-corrected chi connectivity index (χ4v) is 1.73. The molecule has 16 heavy (non-hydrogen) atoms. The lowest BCUT2D eigenvalue weighted by Gasteiger charge is -2.09. The summed E-state index contributed by atoms with van der Waals surface area (Å²) in [6.45, 7) is 2.35. The number of likely N-dealkylation sites (N-methyl/N-ethyl adjacent to an activating group) is 1. The fraction of sp³-hybridized carbons (Fsp3) is 0.417. The number of rotatable bonds is 3. The zero-order valence-corrected chi connectivity index (χ0v) is 9.36. The summed E-state index contributed by atoms with van der Waals surface area (Å²) in [6, 6.07) is 7.95. The largest absolute Gasteiger partial charge is 0.491 e. The van der Waals surface area contributed by atoms with Gasteiger partial charge < -0.3 is 14.8 Å². The van der Waals surface area contributed by atoms with E-state index in [9.17, 15) is 0 Å².